The van der Waals surface area contributed by atoms with Crippen LogP contribution in [0.5, 0.6) is 0 Å². The SMILES string of the molecule is NC(c1nc(C2CCS(=O)(=O)C2)no1)c1cccs1. The van der Waals surface area contributed by atoms with Crippen LogP contribution in [-0.4, -0.2) is 30.1 Å². The van der Waals surface area contributed by atoms with Gasteiger partial charge in [0, 0.05) is 10.8 Å². The van der Waals surface area contributed by atoms with Crippen molar-refractivity contribution in [3.63, 3.8) is 0 Å². The first-order chi connectivity index (χ1) is 9.05. The molecule has 8 heteroatoms. The molecule has 19 heavy (non-hydrogen) atoms. The van der Waals surface area contributed by atoms with Crippen molar-refractivity contribution >= 4 is 21.2 Å². The van der Waals surface area contributed by atoms with Gasteiger partial charge in [-0.2, -0.15) is 4.98 Å². The zero-order valence-corrected chi connectivity index (χ0v) is 11.7. The maximum Gasteiger partial charge on any atom is 0.248 e. The molecule has 6 nitrogen and oxygen atoms in total. The highest BCUT2D eigenvalue weighted by Gasteiger charge is 2.33. The minimum absolute atomic E-state index is 0.0974. The Morgan fingerprint density at radius 1 is 1.53 bits per heavy atom. The fraction of sp³-hybridized carbons (Fsp3) is 0.455. The normalized spacial score (nSPS) is 23.5. The van der Waals surface area contributed by atoms with Gasteiger partial charge in [0.1, 0.15) is 6.04 Å². The van der Waals surface area contributed by atoms with E-state index in [9.17, 15) is 8.42 Å². The monoisotopic (exact) mass is 299 g/mol. The first-order valence-electron chi connectivity index (χ1n) is 5.88. The summed E-state index contributed by atoms with van der Waals surface area (Å²) < 4.78 is 28.0. The Morgan fingerprint density at radius 3 is 3.00 bits per heavy atom. The number of thiophene rings is 1. The average molecular weight is 299 g/mol. The van der Waals surface area contributed by atoms with Crippen molar-refractivity contribution in [2.24, 2.45) is 5.73 Å². The van der Waals surface area contributed by atoms with E-state index < -0.39 is 15.9 Å². The lowest BCUT2D eigenvalue weighted by molar-refractivity contribution is 0.361. The van der Waals surface area contributed by atoms with Crippen LogP contribution in [0.4, 0.5) is 0 Å². The summed E-state index contributed by atoms with van der Waals surface area (Å²) in [6, 6.07) is 3.36. The number of nitrogens with zero attached hydrogens (tertiary/aromatic N) is 2. The molecule has 0 saturated carbocycles. The third-order valence-electron chi connectivity index (χ3n) is 3.17. The number of hydrogen-bond acceptors (Lipinski definition) is 7. The van der Waals surface area contributed by atoms with Crippen molar-refractivity contribution in [3.05, 3.63) is 34.1 Å². The van der Waals surface area contributed by atoms with E-state index in [1.54, 1.807) is 0 Å². The van der Waals surface area contributed by atoms with Crippen molar-refractivity contribution in [2.45, 2.75) is 18.4 Å². The van der Waals surface area contributed by atoms with E-state index in [0.717, 1.165) is 4.88 Å². The second kappa shape index (κ2) is 4.69. The number of sulfone groups is 1. The summed E-state index contributed by atoms with van der Waals surface area (Å²) in [5.41, 5.74) is 6.02. The molecular formula is C11H13N3O3S2. The van der Waals surface area contributed by atoms with Gasteiger partial charge >= 0.3 is 0 Å². The molecule has 0 spiro atoms. The fourth-order valence-electron chi connectivity index (χ4n) is 2.13. The molecule has 3 heterocycles. The largest absolute Gasteiger partial charge is 0.337 e. The Hall–Kier alpha value is -1.25. The molecule has 3 rings (SSSR count). The van der Waals surface area contributed by atoms with Gasteiger partial charge in [-0.25, -0.2) is 8.42 Å². The molecule has 0 amide bonds. The molecule has 2 aromatic heterocycles. The van der Waals surface area contributed by atoms with Gasteiger partial charge in [-0.05, 0) is 17.9 Å². The van der Waals surface area contributed by atoms with E-state index in [-0.39, 0.29) is 17.4 Å². The zero-order chi connectivity index (χ0) is 13.5. The van der Waals surface area contributed by atoms with Crippen molar-refractivity contribution in [1.82, 2.24) is 10.1 Å². The Labute approximate surface area is 114 Å². The summed E-state index contributed by atoms with van der Waals surface area (Å²) in [6.07, 6.45) is 0.551. The van der Waals surface area contributed by atoms with E-state index in [2.05, 4.69) is 10.1 Å². The van der Waals surface area contributed by atoms with E-state index in [0.29, 0.717) is 18.1 Å². The molecule has 102 valence electrons. The Balaban J connectivity index is 1.80. The smallest absolute Gasteiger partial charge is 0.248 e. The molecule has 1 aliphatic heterocycles. The lowest BCUT2D eigenvalue weighted by atomic mass is 10.1. The lowest BCUT2D eigenvalue weighted by Crippen LogP contribution is -2.11. The third-order valence-corrected chi connectivity index (χ3v) is 5.89. The number of hydrogen-bond donors (Lipinski definition) is 1. The molecule has 1 fully saturated rings. The molecule has 0 aliphatic carbocycles. The molecule has 2 atom stereocenters. The molecule has 1 saturated heterocycles. The summed E-state index contributed by atoms with van der Waals surface area (Å²) in [7, 11) is -2.95. The van der Waals surface area contributed by atoms with Crippen LogP contribution in [-0.2, 0) is 9.84 Å². The molecular weight excluding hydrogens is 286 g/mol. The van der Waals surface area contributed by atoms with Crippen LogP contribution in [0.15, 0.2) is 22.0 Å². The van der Waals surface area contributed by atoms with Crippen LogP contribution in [0.3, 0.4) is 0 Å². The van der Waals surface area contributed by atoms with Gasteiger partial charge in [0.15, 0.2) is 15.7 Å². The van der Waals surface area contributed by atoms with Crippen LogP contribution in [0.1, 0.15) is 35.0 Å². The first kappa shape index (κ1) is 12.8. The second-order valence-corrected chi connectivity index (χ2v) is 7.79. The van der Waals surface area contributed by atoms with Crippen LogP contribution >= 0.6 is 11.3 Å². The van der Waals surface area contributed by atoms with Gasteiger partial charge in [0.25, 0.3) is 0 Å². The first-order valence-corrected chi connectivity index (χ1v) is 8.58. The Bertz CT molecular complexity index is 663. The van der Waals surface area contributed by atoms with Gasteiger partial charge in [0.2, 0.25) is 5.89 Å². The Morgan fingerprint density at radius 2 is 2.37 bits per heavy atom. The van der Waals surface area contributed by atoms with Crippen molar-refractivity contribution < 1.29 is 12.9 Å². The molecule has 0 aromatic carbocycles. The standard InChI is InChI=1S/C11H13N3O3S2/c12-9(8-2-1-4-18-8)11-13-10(14-17-11)7-3-5-19(15,16)6-7/h1-2,4,7,9H,3,5-6,12H2. The summed E-state index contributed by atoms with van der Waals surface area (Å²) >= 11 is 1.52. The van der Waals surface area contributed by atoms with Crippen molar-refractivity contribution in [1.29, 1.82) is 0 Å². The van der Waals surface area contributed by atoms with Gasteiger partial charge in [0.05, 0.1) is 11.5 Å². The maximum atomic E-state index is 11.4. The van der Waals surface area contributed by atoms with Crippen molar-refractivity contribution in [2.75, 3.05) is 11.5 Å². The van der Waals surface area contributed by atoms with Gasteiger partial charge in [-0.3, -0.25) is 0 Å². The van der Waals surface area contributed by atoms with Gasteiger partial charge < -0.3 is 10.3 Å². The quantitative estimate of drug-likeness (QED) is 0.910. The van der Waals surface area contributed by atoms with Crippen molar-refractivity contribution in [3.8, 4) is 0 Å². The molecule has 0 radical (unpaired) electrons. The molecule has 2 N–H and O–H groups in total. The van der Waals surface area contributed by atoms with Crippen LogP contribution < -0.4 is 5.73 Å². The topological polar surface area (TPSA) is 99.1 Å². The predicted molar refractivity (Wildman–Crippen MR) is 70.7 cm³/mol. The fourth-order valence-corrected chi connectivity index (χ4v) is 4.59. The highest BCUT2D eigenvalue weighted by atomic mass is 32.2. The highest BCUT2D eigenvalue weighted by Crippen LogP contribution is 2.29. The molecule has 1 aliphatic rings. The number of rotatable bonds is 3. The van der Waals surface area contributed by atoms with Gasteiger partial charge in [-0.1, -0.05) is 11.2 Å². The number of nitrogens with two attached hydrogens (primary N) is 1. The second-order valence-electron chi connectivity index (χ2n) is 4.58. The van der Waals surface area contributed by atoms with E-state index in [1.807, 2.05) is 17.5 Å². The minimum atomic E-state index is -2.95. The van der Waals surface area contributed by atoms with E-state index in [4.69, 9.17) is 10.3 Å². The molecule has 2 unspecified atom stereocenters. The lowest BCUT2D eigenvalue weighted by Gasteiger charge is -2.02. The van der Waals surface area contributed by atoms with E-state index in [1.165, 1.54) is 11.3 Å². The molecule has 2 aromatic rings. The summed E-state index contributed by atoms with van der Waals surface area (Å²) in [6.45, 7) is 0. The molecule has 0 bridgehead atoms. The van der Waals surface area contributed by atoms with E-state index >= 15 is 0 Å². The maximum absolute atomic E-state index is 11.4. The summed E-state index contributed by atoms with van der Waals surface area (Å²) in [5, 5.41) is 5.80. The summed E-state index contributed by atoms with van der Waals surface area (Å²) in [4.78, 5) is 5.19. The third kappa shape index (κ3) is 2.56. The average Bonchev–Trinajstić information content (AvgIpc) is 3.07. The van der Waals surface area contributed by atoms with Crippen LogP contribution in [0, 0.1) is 0 Å². The Kier molecular flexibility index (Phi) is 3.15. The predicted octanol–water partition coefficient (Wildman–Crippen LogP) is 1.08. The number of aromatic nitrogens is 2. The van der Waals surface area contributed by atoms with Gasteiger partial charge in [-0.15, -0.1) is 11.3 Å². The highest BCUT2D eigenvalue weighted by molar-refractivity contribution is 7.91. The van der Waals surface area contributed by atoms with Crippen LogP contribution in [0.2, 0.25) is 0 Å². The van der Waals surface area contributed by atoms with Crippen LogP contribution in [0.25, 0.3) is 0 Å². The zero-order valence-electron chi connectivity index (χ0n) is 10.0. The summed E-state index contributed by atoms with van der Waals surface area (Å²) in [5.74, 6) is 0.904. The minimum Gasteiger partial charge on any atom is -0.337 e.